The summed E-state index contributed by atoms with van der Waals surface area (Å²) in [7, 11) is 0. The first-order valence-electron chi connectivity index (χ1n) is 5.54. The molecule has 62 valence electrons. The van der Waals surface area contributed by atoms with E-state index in [2.05, 4.69) is 0 Å². The van der Waals surface area contributed by atoms with Gasteiger partial charge in [0.2, 0.25) is 0 Å². The number of halogens is 1. The first kappa shape index (κ1) is 3.93. The van der Waals surface area contributed by atoms with Crippen molar-refractivity contribution in [2.75, 3.05) is 20.5 Å². The molecule has 0 amide bonds. The van der Waals surface area contributed by atoms with E-state index in [-0.39, 0.29) is 31.8 Å². The molecule has 0 heterocycles. The third-order valence-corrected chi connectivity index (χ3v) is 0.772. The lowest BCUT2D eigenvalue weighted by Gasteiger charge is -2.06. The minimum atomic E-state index is -2.73. The molecule has 10 heavy (non-hydrogen) atoms. The van der Waals surface area contributed by atoms with Crippen LogP contribution in [0.3, 0.4) is 0 Å². The molecule has 4 heteroatoms. The van der Waals surface area contributed by atoms with Crippen molar-refractivity contribution in [1.29, 1.82) is 0 Å². The van der Waals surface area contributed by atoms with E-state index in [0.29, 0.717) is 4.90 Å². The summed E-state index contributed by atoms with van der Waals surface area (Å²) in [6, 6.07) is 0. The molecule has 0 atom stereocenters. The number of nitrogens with zero attached hydrogens (tertiary/aromatic N) is 1. The minimum absolute atomic E-state index is 0. The van der Waals surface area contributed by atoms with Gasteiger partial charge in [0.15, 0.2) is 0 Å². The van der Waals surface area contributed by atoms with E-state index in [1.165, 1.54) is 0 Å². The molecular weight excluding hydrogens is 154 g/mol. The molecule has 3 nitrogen and oxygen atoms in total. The topological polar surface area (TPSA) is 40.5 Å². The fraction of sp³-hybridized carbons (Fsp3) is 0.833. The van der Waals surface area contributed by atoms with Gasteiger partial charge in [-0.25, -0.2) is 0 Å². The summed E-state index contributed by atoms with van der Waals surface area (Å²) in [5.74, 6) is -1.08. The normalized spacial score (nSPS) is 20.5. The number of rotatable bonds is 4. The molecule has 0 saturated carbocycles. The highest BCUT2D eigenvalue weighted by atomic mass is 35.5. The zero-order valence-electron chi connectivity index (χ0n) is 11.3. The molecule has 0 rings (SSSR count). The van der Waals surface area contributed by atoms with Crippen LogP contribution in [0.2, 0.25) is 0 Å². The molecule has 0 bridgehead atoms. The van der Waals surface area contributed by atoms with Crippen molar-refractivity contribution in [2.45, 2.75) is 12.8 Å². The van der Waals surface area contributed by atoms with Crippen LogP contribution in [-0.2, 0) is 4.79 Å². The molecule has 0 aromatic rings. The zero-order chi connectivity index (χ0) is 12.3. The smallest absolute Gasteiger partial charge is 0.303 e. The molecular formula is C6H14ClNO2. The van der Waals surface area contributed by atoms with E-state index >= 15 is 0 Å². The van der Waals surface area contributed by atoms with Crippen molar-refractivity contribution in [3.63, 3.8) is 0 Å². The predicted molar refractivity (Wildman–Crippen MR) is 42.7 cm³/mol. The first-order chi connectivity index (χ1) is 6.55. The molecule has 0 aliphatic carbocycles. The third-order valence-electron chi connectivity index (χ3n) is 0.772. The van der Waals surface area contributed by atoms with Gasteiger partial charge in [-0.05, 0) is 26.9 Å². The van der Waals surface area contributed by atoms with Gasteiger partial charge in [-0.2, -0.15) is 0 Å². The van der Waals surface area contributed by atoms with Crippen molar-refractivity contribution < 1.29 is 18.1 Å². The van der Waals surface area contributed by atoms with Gasteiger partial charge in [0, 0.05) is 14.6 Å². The Balaban J connectivity index is 0. The summed E-state index contributed by atoms with van der Waals surface area (Å²) in [5.41, 5.74) is 0. The van der Waals surface area contributed by atoms with E-state index < -0.39 is 19.9 Å². The van der Waals surface area contributed by atoms with Crippen LogP contribution >= 0.6 is 12.4 Å². The highest BCUT2D eigenvalue weighted by molar-refractivity contribution is 5.85. The number of aliphatic carboxylic acids is 1. The van der Waals surface area contributed by atoms with Gasteiger partial charge in [-0.3, -0.25) is 4.79 Å². The second-order valence-electron chi connectivity index (χ2n) is 1.65. The number of carboxylic acids is 1. The average molecular weight is 174 g/mol. The second-order valence-corrected chi connectivity index (χ2v) is 1.65. The highest BCUT2D eigenvalue weighted by Gasteiger charge is 1.95. The summed E-state index contributed by atoms with van der Waals surface area (Å²) in [5, 5.41) is 8.33. The summed E-state index contributed by atoms with van der Waals surface area (Å²) >= 11 is 0. The maximum absolute atomic E-state index is 10.2. The maximum Gasteiger partial charge on any atom is 0.303 e. The fourth-order valence-electron chi connectivity index (χ4n) is 0.388. The molecule has 0 aliphatic rings. The number of hydrogen-bond donors (Lipinski definition) is 1. The Bertz CT molecular complexity index is 214. The largest absolute Gasteiger partial charge is 0.481 e. The molecule has 0 fully saturated rings. The van der Waals surface area contributed by atoms with Crippen LogP contribution in [0.25, 0.3) is 0 Å². The van der Waals surface area contributed by atoms with Crippen LogP contribution in [-0.4, -0.2) is 36.5 Å². The standard InChI is InChI=1S/C6H13NO2.ClH/c1-7(2)5-3-4-6(8)9;/h3-5H2,1-2H3,(H,8,9);1H/i1D3,2D3;. The second kappa shape index (κ2) is 6.83. The van der Waals surface area contributed by atoms with Crippen molar-refractivity contribution in [3.8, 4) is 0 Å². The molecule has 1 N–H and O–H groups in total. The minimum Gasteiger partial charge on any atom is -0.481 e. The number of carboxylic acid groups (broad SMARTS) is 1. The Morgan fingerprint density at radius 1 is 1.70 bits per heavy atom. The van der Waals surface area contributed by atoms with Gasteiger partial charge in [0.25, 0.3) is 0 Å². The summed E-state index contributed by atoms with van der Waals surface area (Å²) < 4.78 is 41.9. The van der Waals surface area contributed by atoms with E-state index in [9.17, 15) is 4.79 Å². The van der Waals surface area contributed by atoms with Crippen LogP contribution in [0.4, 0.5) is 0 Å². The van der Waals surface area contributed by atoms with Crippen molar-refractivity contribution in [1.82, 2.24) is 4.90 Å². The van der Waals surface area contributed by atoms with Gasteiger partial charge in [-0.15, -0.1) is 12.4 Å². The molecule has 0 spiro atoms. The van der Waals surface area contributed by atoms with Crippen molar-refractivity contribution in [3.05, 3.63) is 0 Å². The van der Waals surface area contributed by atoms with E-state index in [1.54, 1.807) is 0 Å². The van der Waals surface area contributed by atoms with Gasteiger partial charge >= 0.3 is 5.97 Å². The Hall–Kier alpha value is -0.280. The SMILES string of the molecule is Cl.[2H]C([2H])([2H])N(CCCC(=O)O)C([2H])([2H])[2H]. The fourth-order valence-corrected chi connectivity index (χ4v) is 0.388. The Labute approximate surface area is 75.9 Å². The number of hydrogen-bond acceptors (Lipinski definition) is 2. The molecule has 0 unspecified atom stereocenters. The number of carbonyl (C=O) groups is 1. The summed E-state index contributed by atoms with van der Waals surface area (Å²) in [6.45, 7) is -5.76. The van der Waals surface area contributed by atoms with Crippen LogP contribution in [0.5, 0.6) is 0 Å². The van der Waals surface area contributed by atoms with Gasteiger partial charge < -0.3 is 10.0 Å². The van der Waals surface area contributed by atoms with Crippen LogP contribution in [0.1, 0.15) is 21.1 Å². The molecule has 0 aromatic carbocycles. The van der Waals surface area contributed by atoms with E-state index in [1.807, 2.05) is 0 Å². The maximum atomic E-state index is 10.2. The van der Waals surface area contributed by atoms with Gasteiger partial charge in [-0.1, -0.05) is 0 Å². The van der Waals surface area contributed by atoms with Crippen LogP contribution in [0, 0.1) is 0 Å². The van der Waals surface area contributed by atoms with Crippen LogP contribution < -0.4 is 0 Å². The third kappa shape index (κ3) is 10.7. The molecule has 0 aliphatic heterocycles. The Kier molecular flexibility index (Phi) is 2.68. The molecule has 0 saturated heterocycles. The lowest BCUT2D eigenvalue weighted by atomic mass is 10.3. The highest BCUT2D eigenvalue weighted by Crippen LogP contribution is 1.89. The Morgan fingerprint density at radius 3 is 2.70 bits per heavy atom. The zero-order valence-corrected chi connectivity index (χ0v) is 6.15. The van der Waals surface area contributed by atoms with E-state index in [0.717, 1.165) is 0 Å². The molecule has 0 radical (unpaired) electrons. The average Bonchev–Trinajstić information content (AvgIpc) is 1.92. The predicted octanol–water partition coefficient (Wildman–Crippen LogP) is 0.835. The van der Waals surface area contributed by atoms with E-state index in [4.69, 9.17) is 13.3 Å². The Morgan fingerprint density at radius 2 is 2.30 bits per heavy atom. The van der Waals surface area contributed by atoms with Crippen molar-refractivity contribution in [2.24, 2.45) is 0 Å². The molecule has 0 aromatic heterocycles. The van der Waals surface area contributed by atoms with Gasteiger partial charge in [0.05, 0.1) is 0 Å². The summed E-state index contributed by atoms with van der Waals surface area (Å²) in [4.78, 5) is 10.5. The first-order valence-corrected chi connectivity index (χ1v) is 2.54. The summed E-state index contributed by atoms with van der Waals surface area (Å²) in [6.07, 6.45) is -0.255. The van der Waals surface area contributed by atoms with Crippen LogP contribution in [0.15, 0.2) is 0 Å². The quantitative estimate of drug-likeness (QED) is 0.685. The monoisotopic (exact) mass is 173 g/mol. The van der Waals surface area contributed by atoms with Gasteiger partial charge in [0.1, 0.15) is 0 Å². The lowest BCUT2D eigenvalue weighted by molar-refractivity contribution is -0.137. The van der Waals surface area contributed by atoms with Crippen molar-refractivity contribution >= 4 is 18.4 Å². The lowest BCUT2D eigenvalue weighted by Crippen LogP contribution is -2.13.